The fraction of sp³-hybridized carbons (Fsp3) is 0.467. The first-order valence-corrected chi connectivity index (χ1v) is 5.98. The first-order chi connectivity index (χ1) is 7.42. The van der Waals surface area contributed by atoms with Crippen molar-refractivity contribution in [2.75, 3.05) is 0 Å². The second-order valence-electron chi connectivity index (χ2n) is 4.92. The van der Waals surface area contributed by atoms with E-state index in [4.69, 9.17) is 0 Å². The third-order valence-corrected chi connectivity index (χ3v) is 3.91. The van der Waals surface area contributed by atoms with Crippen LogP contribution in [0.3, 0.4) is 0 Å². The molecule has 2 fully saturated rings. The Morgan fingerprint density at radius 2 is 1.87 bits per heavy atom. The SMILES string of the molecule is C(#CC1C[C@H]2CC[C@@H]1C2)c1ccccc1. The van der Waals surface area contributed by atoms with Gasteiger partial charge >= 0.3 is 0 Å². The maximum absolute atomic E-state index is 3.48. The van der Waals surface area contributed by atoms with Gasteiger partial charge in [0.1, 0.15) is 0 Å². The molecule has 3 atom stereocenters. The van der Waals surface area contributed by atoms with E-state index < -0.39 is 0 Å². The van der Waals surface area contributed by atoms with Crippen LogP contribution in [-0.4, -0.2) is 0 Å². The van der Waals surface area contributed by atoms with Crippen LogP contribution in [0.5, 0.6) is 0 Å². The maximum atomic E-state index is 3.48. The number of fused-ring (bicyclic) bond motifs is 2. The third-order valence-electron chi connectivity index (χ3n) is 3.91. The Labute approximate surface area is 91.7 Å². The monoisotopic (exact) mass is 196 g/mol. The fourth-order valence-corrected chi connectivity index (χ4v) is 3.12. The predicted octanol–water partition coefficient (Wildman–Crippen LogP) is 3.47. The Morgan fingerprint density at radius 3 is 2.53 bits per heavy atom. The molecule has 0 radical (unpaired) electrons. The summed E-state index contributed by atoms with van der Waals surface area (Å²) >= 11 is 0. The Morgan fingerprint density at radius 1 is 1.00 bits per heavy atom. The van der Waals surface area contributed by atoms with E-state index in [0.29, 0.717) is 5.92 Å². The van der Waals surface area contributed by atoms with Crippen LogP contribution in [0.25, 0.3) is 0 Å². The van der Waals surface area contributed by atoms with Crippen LogP contribution in [0.2, 0.25) is 0 Å². The van der Waals surface area contributed by atoms with Gasteiger partial charge < -0.3 is 0 Å². The second-order valence-corrected chi connectivity index (χ2v) is 4.92. The molecule has 2 aliphatic carbocycles. The van der Waals surface area contributed by atoms with E-state index in [0.717, 1.165) is 11.8 Å². The lowest BCUT2D eigenvalue weighted by Gasteiger charge is -2.15. The predicted molar refractivity (Wildman–Crippen MR) is 62.3 cm³/mol. The topological polar surface area (TPSA) is 0 Å². The molecule has 0 heteroatoms. The molecule has 2 bridgehead atoms. The van der Waals surface area contributed by atoms with Crippen LogP contribution >= 0.6 is 0 Å². The van der Waals surface area contributed by atoms with Crippen molar-refractivity contribution in [2.45, 2.75) is 25.7 Å². The molecular weight excluding hydrogens is 180 g/mol. The van der Waals surface area contributed by atoms with Gasteiger partial charge in [-0.3, -0.25) is 0 Å². The van der Waals surface area contributed by atoms with Crippen molar-refractivity contribution >= 4 is 0 Å². The van der Waals surface area contributed by atoms with Crippen molar-refractivity contribution in [1.82, 2.24) is 0 Å². The molecule has 1 aromatic carbocycles. The highest BCUT2D eigenvalue weighted by atomic mass is 14.4. The molecule has 0 N–H and O–H groups in total. The lowest BCUT2D eigenvalue weighted by molar-refractivity contribution is 0.406. The molecule has 0 saturated heterocycles. The highest BCUT2D eigenvalue weighted by Gasteiger charge is 2.38. The van der Waals surface area contributed by atoms with Gasteiger partial charge in [-0.2, -0.15) is 0 Å². The van der Waals surface area contributed by atoms with Gasteiger partial charge in [0, 0.05) is 11.5 Å². The summed E-state index contributed by atoms with van der Waals surface area (Å²) in [5.41, 5.74) is 1.17. The van der Waals surface area contributed by atoms with Crippen molar-refractivity contribution in [2.24, 2.45) is 17.8 Å². The zero-order valence-electron chi connectivity index (χ0n) is 8.95. The number of benzene rings is 1. The van der Waals surface area contributed by atoms with Crippen LogP contribution in [0, 0.1) is 29.6 Å². The third kappa shape index (κ3) is 1.79. The van der Waals surface area contributed by atoms with Gasteiger partial charge in [-0.05, 0) is 43.2 Å². The van der Waals surface area contributed by atoms with Crippen LogP contribution in [0.1, 0.15) is 31.2 Å². The van der Waals surface area contributed by atoms with Crippen LogP contribution < -0.4 is 0 Å². The van der Waals surface area contributed by atoms with E-state index in [1.54, 1.807) is 0 Å². The summed E-state index contributed by atoms with van der Waals surface area (Å²) < 4.78 is 0. The van der Waals surface area contributed by atoms with Crippen molar-refractivity contribution in [3.8, 4) is 11.8 Å². The number of hydrogen-bond acceptors (Lipinski definition) is 0. The first-order valence-electron chi connectivity index (χ1n) is 5.98. The summed E-state index contributed by atoms with van der Waals surface area (Å²) in [6, 6.07) is 10.4. The molecule has 1 unspecified atom stereocenters. The van der Waals surface area contributed by atoms with Gasteiger partial charge in [-0.15, -0.1) is 0 Å². The summed E-state index contributed by atoms with van der Waals surface area (Å²) in [6.07, 6.45) is 5.71. The van der Waals surface area contributed by atoms with E-state index in [-0.39, 0.29) is 0 Å². The highest BCUT2D eigenvalue weighted by Crippen LogP contribution is 2.47. The standard InChI is InChI=1S/C15H16/c1-2-4-12(5-3-1)6-8-14-10-13-7-9-15(14)11-13/h1-5,13-15H,7,9-11H2/t13-,14?,15-/m1/s1. The van der Waals surface area contributed by atoms with E-state index in [9.17, 15) is 0 Å². The van der Waals surface area contributed by atoms with Gasteiger partial charge in [0.05, 0.1) is 0 Å². The fourth-order valence-electron chi connectivity index (χ4n) is 3.12. The van der Waals surface area contributed by atoms with Crippen molar-refractivity contribution in [3.05, 3.63) is 35.9 Å². The summed E-state index contributed by atoms with van der Waals surface area (Å²) in [6.45, 7) is 0. The molecule has 0 spiro atoms. The molecule has 2 aliphatic rings. The number of rotatable bonds is 0. The molecule has 3 rings (SSSR count). The van der Waals surface area contributed by atoms with Gasteiger partial charge in [-0.1, -0.05) is 36.5 Å². The zero-order valence-corrected chi connectivity index (χ0v) is 8.95. The molecule has 0 aliphatic heterocycles. The minimum atomic E-state index is 0.698. The van der Waals surface area contributed by atoms with Gasteiger partial charge in [0.25, 0.3) is 0 Å². The smallest absolute Gasteiger partial charge is 0.0245 e. The molecule has 76 valence electrons. The molecular formula is C15H16. The van der Waals surface area contributed by atoms with E-state index >= 15 is 0 Å². The molecule has 0 nitrogen and oxygen atoms in total. The molecule has 0 heterocycles. The van der Waals surface area contributed by atoms with Crippen LogP contribution in [0.4, 0.5) is 0 Å². The lowest BCUT2D eigenvalue weighted by atomic mass is 9.89. The van der Waals surface area contributed by atoms with Crippen LogP contribution in [0.15, 0.2) is 30.3 Å². The highest BCUT2D eigenvalue weighted by molar-refractivity contribution is 5.34. The van der Waals surface area contributed by atoms with Crippen LogP contribution in [-0.2, 0) is 0 Å². The zero-order chi connectivity index (χ0) is 10.1. The summed E-state index contributed by atoms with van der Waals surface area (Å²) in [5, 5.41) is 0. The lowest BCUT2D eigenvalue weighted by Crippen LogP contribution is -2.07. The molecule has 2 saturated carbocycles. The van der Waals surface area contributed by atoms with E-state index in [2.05, 4.69) is 36.1 Å². The van der Waals surface area contributed by atoms with Gasteiger partial charge in [-0.25, -0.2) is 0 Å². The van der Waals surface area contributed by atoms with Crippen molar-refractivity contribution in [1.29, 1.82) is 0 Å². The molecule has 15 heavy (non-hydrogen) atoms. The first kappa shape index (κ1) is 9.04. The van der Waals surface area contributed by atoms with Crippen molar-refractivity contribution in [3.63, 3.8) is 0 Å². The molecule has 0 aromatic heterocycles. The average molecular weight is 196 g/mol. The number of hydrogen-bond donors (Lipinski definition) is 0. The molecule has 0 amide bonds. The quantitative estimate of drug-likeness (QED) is 0.557. The Kier molecular flexibility index (Phi) is 2.25. The average Bonchev–Trinajstić information content (AvgIpc) is 2.89. The molecule has 1 aromatic rings. The Balaban J connectivity index is 1.74. The maximum Gasteiger partial charge on any atom is 0.0245 e. The minimum absolute atomic E-state index is 0.698. The Hall–Kier alpha value is -1.22. The Bertz CT molecular complexity index is 393. The van der Waals surface area contributed by atoms with Crippen molar-refractivity contribution < 1.29 is 0 Å². The summed E-state index contributed by atoms with van der Waals surface area (Å²) in [4.78, 5) is 0. The van der Waals surface area contributed by atoms with E-state index in [1.165, 1.54) is 31.2 Å². The normalized spacial score (nSPS) is 32.4. The summed E-state index contributed by atoms with van der Waals surface area (Å²) in [7, 11) is 0. The summed E-state index contributed by atoms with van der Waals surface area (Å²) in [5.74, 6) is 9.43. The largest absolute Gasteiger partial charge is 0.0942 e. The van der Waals surface area contributed by atoms with Gasteiger partial charge in [0.2, 0.25) is 0 Å². The van der Waals surface area contributed by atoms with E-state index in [1.807, 2.05) is 6.07 Å². The van der Waals surface area contributed by atoms with Gasteiger partial charge in [0.15, 0.2) is 0 Å². The minimum Gasteiger partial charge on any atom is -0.0942 e. The second kappa shape index (κ2) is 3.74.